The summed E-state index contributed by atoms with van der Waals surface area (Å²) in [5.41, 5.74) is 2.53. The molecule has 2 amide bonds. The van der Waals surface area contributed by atoms with E-state index in [4.69, 9.17) is 0 Å². The molecule has 1 aliphatic heterocycles. The van der Waals surface area contributed by atoms with Gasteiger partial charge < -0.3 is 10.6 Å². The van der Waals surface area contributed by atoms with Crippen LogP contribution in [0.2, 0.25) is 0 Å². The van der Waals surface area contributed by atoms with Crippen molar-refractivity contribution in [1.29, 1.82) is 0 Å². The number of hydrogen-bond acceptors (Lipinski definition) is 5. The van der Waals surface area contributed by atoms with E-state index >= 15 is 0 Å². The van der Waals surface area contributed by atoms with Crippen molar-refractivity contribution < 1.29 is 9.59 Å². The summed E-state index contributed by atoms with van der Waals surface area (Å²) in [4.78, 5) is 30.0. The average Bonchev–Trinajstić information content (AvgIpc) is 3.55. The summed E-state index contributed by atoms with van der Waals surface area (Å²) in [6.45, 7) is 4.73. The highest BCUT2D eigenvalue weighted by Crippen LogP contribution is 2.28. The lowest BCUT2D eigenvalue weighted by molar-refractivity contribution is -0.113. The van der Waals surface area contributed by atoms with Crippen molar-refractivity contribution in [2.75, 3.05) is 30.7 Å². The molecule has 1 aromatic heterocycles. The van der Waals surface area contributed by atoms with Crippen LogP contribution in [0.4, 0.5) is 5.69 Å². The second kappa shape index (κ2) is 11.5. The highest BCUT2D eigenvalue weighted by Gasteiger charge is 2.25. The smallest absolute Gasteiger partial charge is 0.252 e. The Balaban J connectivity index is 1.36. The maximum absolute atomic E-state index is 13.1. The Bertz CT molecular complexity index is 1060. The highest BCUT2D eigenvalue weighted by atomic mass is 32.2. The standard InChI is InChI=1S/C26H29N3O2S2/c1-19-10-12-20(13-11-19)28-25(30)18-33-23-8-3-2-7-21(23)26(31)27-17-22(24-9-6-16-32-24)29-14-4-5-15-29/h2-3,6-13,16,22H,4-5,14-15,17-18H2,1H3,(H,27,31)(H,28,30)/t22-/m0/s1. The van der Waals surface area contributed by atoms with Gasteiger partial charge in [0, 0.05) is 22.0 Å². The summed E-state index contributed by atoms with van der Waals surface area (Å²) < 4.78 is 0. The molecule has 0 spiro atoms. The van der Waals surface area contributed by atoms with Crippen LogP contribution >= 0.6 is 23.1 Å². The zero-order chi connectivity index (χ0) is 23.0. The van der Waals surface area contributed by atoms with Crippen molar-refractivity contribution in [2.45, 2.75) is 30.7 Å². The average molecular weight is 480 g/mol. The lowest BCUT2D eigenvalue weighted by Gasteiger charge is -2.27. The van der Waals surface area contributed by atoms with Gasteiger partial charge in [0.15, 0.2) is 0 Å². The molecule has 1 atom stereocenters. The largest absolute Gasteiger partial charge is 0.350 e. The predicted molar refractivity (Wildman–Crippen MR) is 137 cm³/mol. The number of nitrogens with zero attached hydrogens (tertiary/aromatic N) is 1. The Morgan fingerprint density at radius 2 is 1.79 bits per heavy atom. The van der Waals surface area contributed by atoms with Crippen molar-refractivity contribution in [1.82, 2.24) is 10.2 Å². The quantitative estimate of drug-likeness (QED) is 0.406. The van der Waals surface area contributed by atoms with Crippen LogP contribution in [-0.4, -0.2) is 42.1 Å². The molecule has 0 unspecified atom stereocenters. The summed E-state index contributed by atoms with van der Waals surface area (Å²) in [7, 11) is 0. The number of thioether (sulfide) groups is 1. The Kier molecular flexibility index (Phi) is 8.20. The number of hydrogen-bond donors (Lipinski definition) is 2. The minimum atomic E-state index is -0.0993. The van der Waals surface area contributed by atoms with Crippen molar-refractivity contribution in [3.05, 3.63) is 82.0 Å². The first-order valence-electron chi connectivity index (χ1n) is 11.2. The van der Waals surface area contributed by atoms with Crippen LogP contribution in [0.3, 0.4) is 0 Å². The van der Waals surface area contributed by atoms with E-state index in [2.05, 4.69) is 33.0 Å². The minimum absolute atomic E-state index is 0.0918. The van der Waals surface area contributed by atoms with E-state index in [9.17, 15) is 9.59 Å². The van der Waals surface area contributed by atoms with Gasteiger partial charge in [-0.1, -0.05) is 35.9 Å². The van der Waals surface area contributed by atoms with Gasteiger partial charge in [-0.15, -0.1) is 23.1 Å². The van der Waals surface area contributed by atoms with E-state index in [0.717, 1.165) is 29.2 Å². The van der Waals surface area contributed by atoms with E-state index in [1.165, 1.54) is 29.5 Å². The predicted octanol–water partition coefficient (Wildman–Crippen LogP) is 5.35. The van der Waals surface area contributed by atoms with Crippen LogP contribution in [0.15, 0.2) is 70.9 Å². The fourth-order valence-electron chi connectivity index (χ4n) is 3.99. The molecule has 2 N–H and O–H groups in total. The van der Waals surface area contributed by atoms with Gasteiger partial charge >= 0.3 is 0 Å². The lowest BCUT2D eigenvalue weighted by atomic mass is 10.1. The molecule has 0 bridgehead atoms. The molecular formula is C26H29N3O2S2. The van der Waals surface area contributed by atoms with E-state index in [1.54, 1.807) is 11.3 Å². The van der Waals surface area contributed by atoms with Gasteiger partial charge in [-0.3, -0.25) is 14.5 Å². The molecule has 172 valence electrons. The molecule has 0 saturated carbocycles. The van der Waals surface area contributed by atoms with Gasteiger partial charge in [0.05, 0.1) is 17.4 Å². The van der Waals surface area contributed by atoms with E-state index < -0.39 is 0 Å². The number of carbonyl (C=O) groups excluding carboxylic acids is 2. The first-order chi connectivity index (χ1) is 16.1. The molecule has 2 aromatic carbocycles. The summed E-state index contributed by atoms with van der Waals surface area (Å²) in [6, 6.07) is 19.6. The molecule has 5 nitrogen and oxygen atoms in total. The molecule has 1 aliphatic rings. The second-order valence-electron chi connectivity index (χ2n) is 8.18. The number of aryl methyl sites for hydroxylation is 1. The molecule has 0 radical (unpaired) electrons. The van der Waals surface area contributed by atoms with Crippen LogP contribution in [0.25, 0.3) is 0 Å². The number of nitrogens with one attached hydrogen (secondary N) is 2. The zero-order valence-corrected chi connectivity index (χ0v) is 20.4. The van der Waals surface area contributed by atoms with Gasteiger partial charge in [-0.25, -0.2) is 0 Å². The lowest BCUT2D eigenvalue weighted by Crippen LogP contribution is -2.36. The third-order valence-corrected chi connectivity index (χ3v) is 7.78. The van der Waals surface area contributed by atoms with Gasteiger partial charge in [0.25, 0.3) is 5.91 Å². The Morgan fingerprint density at radius 3 is 2.52 bits per heavy atom. The van der Waals surface area contributed by atoms with Crippen LogP contribution in [0.5, 0.6) is 0 Å². The van der Waals surface area contributed by atoms with Crippen molar-refractivity contribution in [3.8, 4) is 0 Å². The van der Waals surface area contributed by atoms with Gasteiger partial charge in [0.2, 0.25) is 5.91 Å². The highest BCUT2D eigenvalue weighted by molar-refractivity contribution is 8.00. The Morgan fingerprint density at radius 1 is 1.03 bits per heavy atom. The van der Waals surface area contributed by atoms with Crippen LogP contribution < -0.4 is 10.6 Å². The Hall–Kier alpha value is -2.61. The summed E-state index contributed by atoms with van der Waals surface area (Å²) in [5.74, 6) is 0.0488. The third kappa shape index (κ3) is 6.47. The van der Waals surface area contributed by atoms with Crippen molar-refractivity contribution in [2.24, 2.45) is 0 Å². The molecule has 1 fully saturated rings. The Labute approximate surface area is 203 Å². The van der Waals surface area contributed by atoms with Crippen molar-refractivity contribution >= 4 is 40.6 Å². The second-order valence-corrected chi connectivity index (χ2v) is 10.2. The fourth-order valence-corrected chi connectivity index (χ4v) is 5.70. The molecule has 33 heavy (non-hydrogen) atoms. The maximum Gasteiger partial charge on any atom is 0.252 e. The number of likely N-dealkylation sites (tertiary alicyclic amines) is 1. The number of carbonyl (C=O) groups is 2. The first kappa shape index (κ1) is 23.5. The molecule has 1 saturated heterocycles. The summed E-state index contributed by atoms with van der Waals surface area (Å²) in [6.07, 6.45) is 2.42. The zero-order valence-electron chi connectivity index (χ0n) is 18.8. The summed E-state index contributed by atoms with van der Waals surface area (Å²) >= 11 is 3.12. The molecule has 4 rings (SSSR count). The minimum Gasteiger partial charge on any atom is -0.350 e. The summed E-state index contributed by atoms with van der Waals surface area (Å²) in [5, 5.41) is 8.15. The monoisotopic (exact) mass is 479 g/mol. The molecule has 7 heteroatoms. The fraction of sp³-hybridized carbons (Fsp3) is 0.308. The van der Waals surface area contributed by atoms with Gasteiger partial charge in [0.1, 0.15) is 0 Å². The normalized spacial score (nSPS) is 14.7. The third-order valence-electron chi connectivity index (χ3n) is 5.73. The van der Waals surface area contributed by atoms with E-state index in [0.29, 0.717) is 12.1 Å². The van der Waals surface area contributed by atoms with Gasteiger partial charge in [-0.2, -0.15) is 0 Å². The first-order valence-corrected chi connectivity index (χ1v) is 13.1. The van der Waals surface area contributed by atoms with E-state index in [-0.39, 0.29) is 23.6 Å². The molecule has 2 heterocycles. The van der Waals surface area contributed by atoms with E-state index in [1.807, 2.05) is 55.5 Å². The maximum atomic E-state index is 13.1. The SMILES string of the molecule is Cc1ccc(NC(=O)CSc2ccccc2C(=O)NC[C@@H](c2cccs2)N2CCCC2)cc1. The number of benzene rings is 2. The topological polar surface area (TPSA) is 61.4 Å². The van der Waals surface area contributed by atoms with Crippen LogP contribution in [-0.2, 0) is 4.79 Å². The number of thiophene rings is 1. The van der Waals surface area contributed by atoms with Crippen molar-refractivity contribution in [3.63, 3.8) is 0 Å². The molecule has 3 aromatic rings. The van der Waals surface area contributed by atoms with Crippen LogP contribution in [0, 0.1) is 6.92 Å². The number of rotatable bonds is 9. The molecule has 0 aliphatic carbocycles. The van der Waals surface area contributed by atoms with Gasteiger partial charge in [-0.05, 0) is 68.6 Å². The number of amides is 2. The number of anilines is 1. The van der Waals surface area contributed by atoms with Crippen LogP contribution in [0.1, 0.15) is 39.7 Å². The molecular weight excluding hydrogens is 450 g/mol.